The molecule has 0 bridgehead atoms. The van der Waals surface area contributed by atoms with Gasteiger partial charge in [0.25, 0.3) is 10.0 Å². The van der Waals surface area contributed by atoms with Crippen molar-refractivity contribution in [2.45, 2.75) is 10.3 Å². The maximum Gasteiger partial charge on any atom is 0.348 e. The molecule has 0 radical (unpaired) electrons. The maximum atomic E-state index is 12.5. The van der Waals surface area contributed by atoms with Crippen molar-refractivity contribution in [3.8, 4) is 5.75 Å². The zero-order chi connectivity index (χ0) is 17.7. The van der Waals surface area contributed by atoms with Gasteiger partial charge in [-0.05, 0) is 5.56 Å². The third-order valence-corrected chi connectivity index (χ3v) is 6.27. The number of nitrogens with one attached hydrogen (secondary N) is 1. The molecule has 2 rings (SSSR count). The fraction of sp³-hybridized carbons (Fsp3) is 0.267. The van der Waals surface area contributed by atoms with Gasteiger partial charge in [-0.1, -0.05) is 30.3 Å². The molecule has 1 aromatic carbocycles. The van der Waals surface area contributed by atoms with Crippen molar-refractivity contribution in [2.75, 3.05) is 20.8 Å². The van der Waals surface area contributed by atoms with Crippen molar-refractivity contribution in [3.63, 3.8) is 0 Å². The second kappa shape index (κ2) is 9.16. The molecule has 0 aliphatic heterocycles. The number of hydrogen-bond donors (Lipinski definition) is 2. The van der Waals surface area contributed by atoms with Crippen LogP contribution < -0.4 is 15.2 Å². The molecule has 7 nitrogen and oxygen atoms in total. The number of carbonyl (C=O) groups is 1. The quantitative estimate of drug-likeness (QED) is 0.680. The SMILES string of the molecule is COC(=O)c1cc(OC)c(S(=O)(=O)NCC(N)c2ccccc2)s1.Cl. The Kier molecular flexibility index (Phi) is 7.84. The number of esters is 1. The zero-order valence-corrected chi connectivity index (χ0v) is 16.0. The number of hydrogen-bond acceptors (Lipinski definition) is 7. The Morgan fingerprint density at radius 3 is 2.48 bits per heavy atom. The average Bonchev–Trinajstić information content (AvgIpc) is 3.05. The van der Waals surface area contributed by atoms with Gasteiger partial charge in [-0.25, -0.2) is 17.9 Å². The highest BCUT2D eigenvalue weighted by molar-refractivity contribution is 7.91. The largest absolute Gasteiger partial charge is 0.494 e. The minimum absolute atomic E-state index is 0. The molecule has 0 saturated carbocycles. The van der Waals surface area contributed by atoms with Crippen LogP contribution in [0.5, 0.6) is 5.75 Å². The van der Waals surface area contributed by atoms with E-state index >= 15 is 0 Å². The lowest BCUT2D eigenvalue weighted by Crippen LogP contribution is -2.31. The van der Waals surface area contributed by atoms with Crippen molar-refractivity contribution < 1.29 is 22.7 Å². The molecule has 1 heterocycles. The summed E-state index contributed by atoms with van der Waals surface area (Å²) in [5.74, 6) is -0.540. The highest BCUT2D eigenvalue weighted by atomic mass is 35.5. The maximum absolute atomic E-state index is 12.5. The van der Waals surface area contributed by atoms with Gasteiger partial charge in [0.05, 0.1) is 14.2 Å². The molecule has 0 fully saturated rings. The first kappa shape index (κ1) is 21.4. The predicted octanol–water partition coefficient (Wildman–Crippen LogP) is 1.94. The number of ether oxygens (including phenoxy) is 2. The number of methoxy groups -OCH3 is 2. The fourth-order valence-electron chi connectivity index (χ4n) is 1.97. The summed E-state index contributed by atoms with van der Waals surface area (Å²) in [6.07, 6.45) is 0. The smallest absolute Gasteiger partial charge is 0.348 e. The molecular formula is C15H19ClN2O5S2. The van der Waals surface area contributed by atoms with E-state index in [4.69, 9.17) is 10.5 Å². The first-order chi connectivity index (χ1) is 11.4. The number of thiophene rings is 1. The molecule has 2 aromatic rings. The Morgan fingerprint density at radius 1 is 1.28 bits per heavy atom. The highest BCUT2D eigenvalue weighted by Gasteiger charge is 2.26. The van der Waals surface area contributed by atoms with Crippen molar-refractivity contribution >= 4 is 39.7 Å². The normalized spacial score (nSPS) is 12.1. The number of sulfonamides is 1. The van der Waals surface area contributed by atoms with E-state index in [1.54, 1.807) is 0 Å². The molecule has 0 saturated heterocycles. The lowest BCUT2D eigenvalue weighted by atomic mass is 10.1. The van der Waals surface area contributed by atoms with Crippen molar-refractivity contribution in [1.29, 1.82) is 0 Å². The van der Waals surface area contributed by atoms with Crippen LogP contribution in [0.4, 0.5) is 0 Å². The van der Waals surface area contributed by atoms with E-state index in [0.29, 0.717) is 0 Å². The number of rotatable bonds is 7. The molecule has 1 atom stereocenters. The third-order valence-electron chi connectivity index (χ3n) is 3.24. The van der Waals surface area contributed by atoms with E-state index < -0.39 is 22.0 Å². The molecule has 1 aromatic heterocycles. The second-order valence-corrected chi connectivity index (χ2v) is 7.84. The van der Waals surface area contributed by atoms with Gasteiger partial charge < -0.3 is 15.2 Å². The molecule has 0 aliphatic carbocycles. The molecule has 1 unspecified atom stereocenters. The summed E-state index contributed by atoms with van der Waals surface area (Å²) in [4.78, 5) is 11.7. The monoisotopic (exact) mass is 406 g/mol. The molecule has 0 amide bonds. The van der Waals surface area contributed by atoms with E-state index in [2.05, 4.69) is 9.46 Å². The van der Waals surface area contributed by atoms with Crippen LogP contribution >= 0.6 is 23.7 Å². The van der Waals surface area contributed by atoms with Gasteiger partial charge in [0.2, 0.25) is 0 Å². The first-order valence-corrected chi connectivity index (χ1v) is 9.25. The minimum atomic E-state index is -3.87. The summed E-state index contributed by atoms with van der Waals surface area (Å²) in [6.45, 7) is 0.0148. The Labute approximate surface area is 156 Å². The van der Waals surface area contributed by atoms with E-state index in [0.717, 1.165) is 16.9 Å². The summed E-state index contributed by atoms with van der Waals surface area (Å²) < 4.78 is 37.0. The van der Waals surface area contributed by atoms with Crippen LogP contribution in [-0.4, -0.2) is 35.2 Å². The van der Waals surface area contributed by atoms with Crippen LogP contribution in [0, 0.1) is 0 Å². The van der Waals surface area contributed by atoms with Gasteiger partial charge in [0, 0.05) is 18.7 Å². The minimum Gasteiger partial charge on any atom is -0.494 e. The van der Waals surface area contributed by atoms with Crippen LogP contribution in [0.15, 0.2) is 40.6 Å². The number of halogens is 1. The summed E-state index contributed by atoms with van der Waals surface area (Å²) in [5, 5.41) is 0. The van der Waals surface area contributed by atoms with Crippen molar-refractivity contribution in [2.24, 2.45) is 5.73 Å². The highest BCUT2D eigenvalue weighted by Crippen LogP contribution is 2.33. The molecular weight excluding hydrogens is 388 g/mol. The Hall–Kier alpha value is -1.65. The number of nitrogens with two attached hydrogens (primary N) is 1. The van der Waals surface area contributed by atoms with Crippen LogP contribution in [0.1, 0.15) is 21.3 Å². The second-order valence-electron chi connectivity index (χ2n) is 4.83. The third kappa shape index (κ3) is 5.16. The summed E-state index contributed by atoms with van der Waals surface area (Å²) in [6, 6.07) is 9.99. The predicted molar refractivity (Wildman–Crippen MR) is 98.0 cm³/mol. The topological polar surface area (TPSA) is 108 Å². The van der Waals surface area contributed by atoms with Gasteiger partial charge in [0.1, 0.15) is 4.88 Å². The van der Waals surface area contributed by atoms with Gasteiger partial charge in [0.15, 0.2) is 9.96 Å². The van der Waals surface area contributed by atoms with Gasteiger partial charge >= 0.3 is 5.97 Å². The standard InChI is InChI=1S/C15H18N2O5S2.ClH/c1-21-12-8-13(14(18)22-2)23-15(12)24(19,20)17-9-11(16)10-6-4-3-5-7-10;/h3-8,11,17H,9,16H2,1-2H3;1H. The van der Waals surface area contributed by atoms with Crippen LogP contribution in [-0.2, 0) is 14.8 Å². The molecule has 0 aliphatic rings. The average molecular weight is 407 g/mol. The molecule has 3 N–H and O–H groups in total. The van der Waals surface area contributed by atoms with Gasteiger partial charge in [-0.2, -0.15) is 0 Å². The number of carbonyl (C=O) groups excluding carboxylic acids is 1. The first-order valence-electron chi connectivity index (χ1n) is 6.95. The van der Waals surface area contributed by atoms with E-state index in [9.17, 15) is 13.2 Å². The summed E-state index contributed by atoms with van der Waals surface area (Å²) >= 11 is 0.780. The lowest BCUT2D eigenvalue weighted by Gasteiger charge is -2.13. The van der Waals surface area contributed by atoms with E-state index in [-0.39, 0.29) is 33.8 Å². The summed E-state index contributed by atoms with van der Waals surface area (Å²) in [5.41, 5.74) is 6.81. The van der Waals surface area contributed by atoms with E-state index in [1.165, 1.54) is 20.3 Å². The van der Waals surface area contributed by atoms with Gasteiger partial charge in [-0.15, -0.1) is 23.7 Å². The molecule has 138 valence electrons. The lowest BCUT2D eigenvalue weighted by molar-refractivity contribution is 0.0606. The number of benzene rings is 1. The van der Waals surface area contributed by atoms with Crippen LogP contribution in [0.3, 0.4) is 0 Å². The zero-order valence-electron chi connectivity index (χ0n) is 13.6. The Bertz CT molecular complexity index is 809. The van der Waals surface area contributed by atoms with Crippen molar-refractivity contribution in [3.05, 3.63) is 46.8 Å². The Balaban J connectivity index is 0.00000312. The molecule has 10 heteroatoms. The van der Waals surface area contributed by atoms with Crippen LogP contribution in [0.25, 0.3) is 0 Å². The summed E-state index contributed by atoms with van der Waals surface area (Å²) in [7, 11) is -1.32. The fourth-order valence-corrected chi connectivity index (χ4v) is 4.57. The van der Waals surface area contributed by atoms with Gasteiger partial charge in [-0.3, -0.25) is 0 Å². The van der Waals surface area contributed by atoms with Crippen molar-refractivity contribution in [1.82, 2.24) is 4.72 Å². The van der Waals surface area contributed by atoms with E-state index in [1.807, 2.05) is 30.3 Å². The molecule has 25 heavy (non-hydrogen) atoms. The molecule has 0 spiro atoms. The van der Waals surface area contributed by atoms with Crippen LogP contribution in [0.2, 0.25) is 0 Å². The Morgan fingerprint density at radius 2 is 1.92 bits per heavy atom.